The van der Waals surface area contributed by atoms with E-state index in [2.05, 4.69) is 5.32 Å². The van der Waals surface area contributed by atoms with Gasteiger partial charge in [-0.05, 0) is 41.6 Å². The zero-order valence-corrected chi connectivity index (χ0v) is 15.6. The summed E-state index contributed by atoms with van der Waals surface area (Å²) in [6, 6.07) is 9.71. The van der Waals surface area contributed by atoms with E-state index in [1.54, 1.807) is 36.4 Å². The Morgan fingerprint density at radius 1 is 1.16 bits per heavy atom. The van der Waals surface area contributed by atoms with Gasteiger partial charge in [0, 0.05) is 5.02 Å². The third kappa shape index (κ3) is 6.07. The number of carbonyl (C=O) groups is 2. The van der Waals surface area contributed by atoms with E-state index in [0.29, 0.717) is 15.6 Å². The van der Waals surface area contributed by atoms with Crippen LogP contribution in [0.4, 0.5) is 0 Å². The number of halogens is 1. The zero-order chi connectivity index (χ0) is 18.2. The van der Waals surface area contributed by atoms with Gasteiger partial charge in [0.25, 0.3) is 5.91 Å². The van der Waals surface area contributed by atoms with Crippen molar-refractivity contribution in [2.45, 2.75) is 19.9 Å². The fraction of sp³-hybridized carbons (Fsp3) is 0.333. The highest BCUT2D eigenvalue weighted by molar-refractivity contribution is 7.12. The van der Waals surface area contributed by atoms with Crippen LogP contribution in [-0.4, -0.2) is 31.1 Å². The molecule has 1 N–H and O–H groups in total. The van der Waals surface area contributed by atoms with Crippen LogP contribution < -0.4 is 10.1 Å². The van der Waals surface area contributed by atoms with Crippen molar-refractivity contribution in [3.05, 3.63) is 51.7 Å². The first-order chi connectivity index (χ1) is 12.0. The minimum Gasteiger partial charge on any atom is -0.490 e. The number of carbonyl (C=O) groups excluding carboxylic acids is 2. The molecule has 0 aliphatic rings. The molecule has 1 aromatic carbocycles. The molecule has 25 heavy (non-hydrogen) atoms. The molecule has 0 fully saturated rings. The Morgan fingerprint density at radius 2 is 1.88 bits per heavy atom. The second-order valence-electron chi connectivity index (χ2n) is 5.64. The van der Waals surface area contributed by atoms with Crippen LogP contribution in [0, 0.1) is 5.92 Å². The number of nitrogens with one attached hydrogen (secondary N) is 1. The normalized spacial score (nSPS) is 11.8. The first kappa shape index (κ1) is 19.3. The highest BCUT2D eigenvalue weighted by atomic mass is 35.5. The van der Waals surface area contributed by atoms with Gasteiger partial charge in [0.1, 0.15) is 25.0 Å². The molecule has 0 saturated heterocycles. The number of esters is 1. The quantitative estimate of drug-likeness (QED) is 0.558. The Labute approximate surface area is 155 Å². The van der Waals surface area contributed by atoms with E-state index < -0.39 is 12.0 Å². The predicted molar refractivity (Wildman–Crippen MR) is 98.3 cm³/mol. The number of hydrogen-bond donors (Lipinski definition) is 1. The molecule has 0 aliphatic carbocycles. The van der Waals surface area contributed by atoms with Crippen LogP contribution in [0.1, 0.15) is 23.5 Å². The van der Waals surface area contributed by atoms with E-state index >= 15 is 0 Å². The van der Waals surface area contributed by atoms with E-state index in [1.165, 1.54) is 11.3 Å². The highest BCUT2D eigenvalue weighted by Gasteiger charge is 2.26. The lowest BCUT2D eigenvalue weighted by Gasteiger charge is -2.20. The number of rotatable bonds is 8. The largest absolute Gasteiger partial charge is 0.490 e. The fourth-order valence-corrected chi connectivity index (χ4v) is 2.79. The Hall–Kier alpha value is -2.05. The summed E-state index contributed by atoms with van der Waals surface area (Å²) in [5, 5.41) is 5.16. The van der Waals surface area contributed by atoms with Crippen molar-refractivity contribution < 1.29 is 19.1 Å². The van der Waals surface area contributed by atoms with Crippen molar-refractivity contribution in [2.75, 3.05) is 13.2 Å². The molecule has 5 nitrogen and oxygen atoms in total. The first-order valence-electron chi connectivity index (χ1n) is 7.86. The molecule has 0 saturated carbocycles. The third-order valence-corrected chi connectivity index (χ3v) is 4.48. The zero-order valence-electron chi connectivity index (χ0n) is 14.0. The van der Waals surface area contributed by atoms with E-state index in [9.17, 15) is 9.59 Å². The van der Waals surface area contributed by atoms with Crippen molar-refractivity contribution in [2.24, 2.45) is 5.92 Å². The summed E-state index contributed by atoms with van der Waals surface area (Å²) in [4.78, 5) is 24.9. The number of hydrogen-bond acceptors (Lipinski definition) is 5. The average Bonchev–Trinajstić information content (AvgIpc) is 3.12. The van der Waals surface area contributed by atoms with Crippen LogP contribution in [0.3, 0.4) is 0 Å². The third-order valence-electron chi connectivity index (χ3n) is 3.36. The Bertz CT molecular complexity index is 686. The molecule has 1 aromatic heterocycles. The second-order valence-corrected chi connectivity index (χ2v) is 7.03. The number of ether oxygens (including phenoxy) is 2. The predicted octanol–water partition coefficient (Wildman–Crippen LogP) is 3.78. The summed E-state index contributed by atoms with van der Waals surface area (Å²) in [5.41, 5.74) is 0. The maximum Gasteiger partial charge on any atom is 0.329 e. The average molecular weight is 382 g/mol. The summed E-state index contributed by atoms with van der Waals surface area (Å²) in [5.74, 6) is -0.192. The summed E-state index contributed by atoms with van der Waals surface area (Å²) in [6.07, 6.45) is 0. The maximum atomic E-state index is 12.2. The van der Waals surface area contributed by atoms with Gasteiger partial charge in [0.15, 0.2) is 0 Å². The lowest BCUT2D eigenvalue weighted by molar-refractivity contribution is -0.147. The Morgan fingerprint density at radius 3 is 2.48 bits per heavy atom. The molecule has 1 atom stereocenters. The molecule has 1 amide bonds. The van der Waals surface area contributed by atoms with Gasteiger partial charge in [-0.15, -0.1) is 11.3 Å². The van der Waals surface area contributed by atoms with Gasteiger partial charge >= 0.3 is 5.97 Å². The van der Waals surface area contributed by atoms with E-state index in [4.69, 9.17) is 21.1 Å². The highest BCUT2D eigenvalue weighted by Crippen LogP contribution is 2.15. The first-order valence-corrected chi connectivity index (χ1v) is 9.12. The molecular weight excluding hydrogens is 362 g/mol. The summed E-state index contributed by atoms with van der Waals surface area (Å²) in [7, 11) is 0. The molecule has 134 valence electrons. The van der Waals surface area contributed by atoms with Gasteiger partial charge in [-0.1, -0.05) is 31.5 Å². The van der Waals surface area contributed by atoms with Gasteiger partial charge in [-0.3, -0.25) is 4.79 Å². The minimum atomic E-state index is -0.704. The van der Waals surface area contributed by atoms with Crippen LogP contribution in [0.15, 0.2) is 41.8 Å². The summed E-state index contributed by atoms with van der Waals surface area (Å²) >= 11 is 7.12. The number of thiophene rings is 1. The molecule has 7 heteroatoms. The van der Waals surface area contributed by atoms with Crippen molar-refractivity contribution >= 4 is 34.8 Å². The van der Waals surface area contributed by atoms with Crippen molar-refractivity contribution in [3.8, 4) is 5.75 Å². The lowest BCUT2D eigenvalue weighted by Crippen LogP contribution is -2.45. The van der Waals surface area contributed by atoms with Gasteiger partial charge in [-0.2, -0.15) is 0 Å². The van der Waals surface area contributed by atoms with Gasteiger partial charge in [-0.25, -0.2) is 4.79 Å². The molecular formula is C18H20ClNO4S. The second kappa shape index (κ2) is 9.44. The molecule has 0 radical (unpaired) electrons. The summed E-state index contributed by atoms with van der Waals surface area (Å²) < 4.78 is 10.7. The maximum absolute atomic E-state index is 12.2. The van der Waals surface area contributed by atoms with Crippen LogP contribution in [0.5, 0.6) is 5.75 Å². The van der Waals surface area contributed by atoms with Gasteiger partial charge < -0.3 is 14.8 Å². The molecule has 0 spiro atoms. The van der Waals surface area contributed by atoms with E-state index in [-0.39, 0.29) is 25.0 Å². The molecule has 2 aromatic rings. The monoisotopic (exact) mass is 381 g/mol. The molecule has 0 unspecified atom stereocenters. The molecule has 1 heterocycles. The van der Waals surface area contributed by atoms with Gasteiger partial charge in [0.05, 0.1) is 4.88 Å². The summed E-state index contributed by atoms with van der Waals surface area (Å²) in [6.45, 7) is 4.02. The standard InChI is InChI=1S/C18H20ClNO4S/c1-12(2)16(20-17(21)15-4-3-11-25-15)18(22)24-10-9-23-14-7-5-13(19)6-8-14/h3-8,11-12,16H,9-10H2,1-2H3,(H,20,21)/t16-/m0/s1. The SMILES string of the molecule is CC(C)[C@H](NC(=O)c1cccs1)C(=O)OCCOc1ccc(Cl)cc1. The van der Waals surface area contributed by atoms with Crippen LogP contribution in [0.25, 0.3) is 0 Å². The van der Waals surface area contributed by atoms with Crippen LogP contribution in [-0.2, 0) is 9.53 Å². The fourth-order valence-electron chi connectivity index (χ4n) is 2.04. The van der Waals surface area contributed by atoms with Crippen LogP contribution in [0.2, 0.25) is 5.02 Å². The Kier molecular flexibility index (Phi) is 7.28. The smallest absolute Gasteiger partial charge is 0.329 e. The number of amides is 1. The van der Waals surface area contributed by atoms with Crippen molar-refractivity contribution in [1.82, 2.24) is 5.32 Å². The van der Waals surface area contributed by atoms with E-state index in [0.717, 1.165) is 0 Å². The topological polar surface area (TPSA) is 64.6 Å². The molecule has 0 bridgehead atoms. The van der Waals surface area contributed by atoms with Crippen molar-refractivity contribution in [1.29, 1.82) is 0 Å². The molecule has 2 rings (SSSR count). The van der Waals surface area contributed by atoms with Gasteiger partial charge in [0.2, 0.25) is 0 Å². The lowest BCUT2D eigenvalue weighted by atomic mass is 10.0. The molecule has 0 aliphatic heterocycles. The minimum absolute atomic E-state index is 0.0893. The van der Waals surface area contributed by atoms with Crippen LogP contribution >= 0.6 is 22.9 Å². The van der Waals surface area contributed by atoms with Crippen molar-refractivity contribution in [3.63, 3.8) is 0 Å². The Balaban J connectivity index is 1.79. The number of benzene rings is 1. The van der Waals surface area contributed by atoms with E-state index in [1.807, 2.05) is 19.2 Å².